The molecule has 11 heteroatoms. The predicted molar refractivity (Wildman–Crippen MR) is 119 cm³/mol. The van der Waals surface area contributed by atoms with E-state index in [1.165, 1.54) is 10.4 Å². The van der Waals surface area contributed by atoms with Crippen molar-refractivity contribution in [3.8, 4) is 17.1 Å². The van der Waals surface area contributed by atoms with Crippen molar-refractivity contribution in [3.05, 3.63) is 59.7 Å². The Labute approximate surface area is 196 Å². The van der Waals surface area contributed by atoms with Crippen LogP contribution in [0.5, 0.6) is 5.75 Å². The number of halogens is 1. The Balaban J connectivity index is 1.47. The number of carbonyl (C=O) groups excluding carboxylic acids is 1. The predicted octanol–water partition coefficient (Wildman–Crippen LogP) is 3.81. The molecule has 34 heavy (non-hydrogen) atoms. The van der Waals surface area contributed by atoms with Crippen molar-refractivity contribution in [2.24, 2.45) is 0 Å². The Morgan fingerprint density at radius 2 is 1.91 bits per heavy atom. The van der Waals surface area contributed by atoms with Crippen molar-refractivity contribution in [1.82, 2.24) is 14.4 Å². The number of piperidine rings is 1. The molecule has 4 rings (SSSR count). The first-order chi connectivity index (χ1) is 16.4. The number of nitrogens with zero attached hydrogens (tertiary/aromatic N) is 3. The minimum Gasteiger partial charge on any atom is -0.493 e. The van der Waals surface area contributed by atoms with E-state index >= 15 is 0 Å². The van der Waals surface area contributed by atoms with Crippen LogP contribution in [-0.2, 0) is 21.4 Å². The monoisotopic (exact) mass is 489 g/mol. The first kappa shape index (κ1) is 23.8. The molecular formula is C23H24FN3O6S. The van der Waals surface area contributed by atoms with E-state index < -0.39 is 26.7 Å². The third-order valence-electron chi connectivity index (χ3n) is 5.32. The van der Waals surface area contributed by atoms with E-state index in [0.29, 0.717) is 43.9 Å². The van der Waals surface area contributed by atoms with Crippen molar-refractivity contribution in [2.45, 2.75) is 37.7 Å². The molecule has 0 radical (unpaired) electrons. The van der Waals surface area contributed by atoms with Gasteiger partial charge in [0.15, 0.2) is 6.61 Å². The molecule has 180 valence electrons. The second-order valence-electron chi connectivity index (χ2n) is 7.63. The minimum absolute atomic E-state index is 0.0397. The fraction of sp³-hybridized carbons (Fsp3) is 0.348. The lowest BCUT2D eigenvalue weighted by atomic mass is 10.2. The van der Waals surface area contributed by atoms with Gasteiger partial charge in [-0.3, -0.25) is 0 Å². The molecule has 2 heterocycles. The third-order valence-corrected chi connectivity index (χ3v) is 7.24. The normalized spacial score (nSPS) is 14.6. The van der Waals surface area contributed by atoms with Gasteiger partial charge in [-0.05, 0) is 50.1 Å². The Morgan fingerprint density at radius 3 is 2.68 bits per heavy atom. The molecule has 0 amide bonds. The summed E-state index contributed by atoms with van der Waals surface area (Å²) in [6.07, 6.45) is 2.35. The topological polar surface area (TPSA) is 112 Å². The van der Waals surface area contributed by atoms with Crippen LogP contribution >= 0.6 is 0 Å². The van der Waals surface area contributed by atoms with Crippen molar-refractivity contribution in [3.63, 3.8) is 0 Å². The number of carbonyl (C=O) groups is 1. The third kappa shape index (κ3) is 5.10. The number of benzene rings is 2. The molecule has 0 atom stereocenters. The zero-order chi connectivity index (χ0) is 24.1. The van der Waals surface area contributed by atoms with Gasteiger partial charge in [-0.2, -0.15) is 9.29 Å². The van der Waals surface area contributed by atoms with Gasteiger partial charge in [-0.1, -0.05) is 23.7 Å². The zero-order valence-corrected chi connectivity index (χ0v) is 19.4. The molecule has 3 aromatic rings. The van der Waals surface area contributed by atoms with Crippen LogP contribution in [0.25, 0.3) is 11.4 Å². The van der Waals surface area contributed by atoms with Gasteiger partial charge < -0.3 is 14.0 Å². The van der Waals surface area contributed by atoms with Gasteiger partial charge in [0.05, 0.1) is 17.7 Å². The summed E-state index contributed by atoms with van der Waals surface area (Å²) in [7, 11) is -4.05. The molecule has 1 fully saturated rings. The highest BCUT2D eigenvalue weighted by molar-refractivity contribution is 7.89. The summed E-state index contributed by atoms with van der Waals surface area (Å²) in [6, 6.07) is 10.3. The molecule has 9 nitrogen and oxygen atoms in total. The molecule has 0 N–H and O–H groups in total. The first-order valence-corrected chi connectivity index (χ1v) is 12.4. The Bertz CT molecular complexity index is 1270. The number of aromatic nitrogens is 2. The fourth-order valence-corrected chi connectivity index (χ4v) is 5.25. The summed E-state index contributed by atoms with van der Waals surface area (Å²) in [6.45, 7) is 2.63. The Hall–Kier alpha value is -3.31. The van der Waals surface area contributed by atoms with Crippen LogP contribution in [0, 0.1) is 5.82 Å². The summed E-state index contributed by atoms with van der Waals surface area (Å²) < 4.78 is 57.3. The van der Waals surface area contributed by atoms with E-state index in [4.69, 9.17) is 14.0 Å². The molecule has 1 aliphatic rings. The van der Waals surface area contributed by atoms with Gasteiger partial charge in [0, 0.05) is 13.1 Å². The number of rotatable bonds is 8. The molecule has 0 bridgehead atoms. The van der Waals surface area contributed by atoms with Crippen LogP contribution in [-0.4, -0.2) is 48.5 Å². The van der Waals surface area contributed by atoms with E-state index in [1.54, 1.807) is 18.2 Å². The van der Waals surface area contributed by atoms with Crippen molar-refractivity contribution < 1.29 is 31.6 Å². The molecular weight excluding hydrogens is 465 g/mol. The summed E-state index contributed by atoms with van der Waals surface area (Å²) in [5.74, 6) is -0.867. The van der Waals surface area contributed by atoms with Crippen molar-refractivity contribution in [1.29, 1.82) is 0 Å². The summed E-state index contributed by atoms with van der Waals surface area (Å²) in [5, 5.41) is 3.90. The number of ether oxygens (including phenoxy) is 2. The second-order valence-corrected chi connectivity index (χ2v) is 9.53. The van der Waals surface area contributed by atoms with Gasteiger partial charge in [0.1, 0.15) is 16.5 Å². The van der Waals surface area contributed by atoms with E-state index in [9.17, 15) is 17.6 Å². The lowest BCUT2D eigenvalue weighted by Crippen LogP contribution is -2.36. The molecule has 0 saturated carbocycles. The SMILES string of the molecule is CCOc1ccccc1-c1noc(COC(=O)c2ccc(F)c(S(=O)(=O)N3CCCCC3)c2)n1. The summed E-state index contributed by atoms with van der Waals surface area (Å²) in [5.41, 5.74) is 0.523. The lowest BCUT2D eigenvalue weighted by Gasteiger charge is -2.26. The smallest absolute Gasteiger partial charge is 0.338 e. The fourth-order valence-electron chi connectivity index (χ4n) is 3.64. The van der Waals surface area contributed by atoms with Gasteiger partial charge in [0.25, 0.3) is 5.89 Å². The highest BCUT2D eigenvalue weighted by atomic mass is 32.2. The molecule has 1 aliphatic heterocycles. The number of sulfonamides is 1. The van der Waals surface area contributed by atoms with Crippen LogP contribution in [0.1, 0.15) is 42.4 Å². The average Bonchev–Trinajstić information content (AvgIpc) is 3.33. The highest BCUT2D eigenvalue weighted by Crippen LogP contribution is 2.28. The van der Waals surface area contributed by atoms with E-state index in [2.05, 4.69) is 10.1 Å². The van der Waals surface area contributed by atoms with Crippen LogP contribution in [0.2, 0.25) is 0 Å². The standard InChI is InChI=1S/C23H24FN3O6S/c1-2-31-19-9-5-4-8-17(19)22-25-21(33-26-22)15-32-23(28)16-10-11-18(24)20(14-16)34(29,30)27-12-6-3-7-13-27/h4-5,8-11,14H,2-3,6-7,12-13,15H2,1H3. The van der Waals surface area contributed by atoms with Gasteiger partial charge in [-0.15, -0.1) is 0 Å². The maximum Gasteiger partial charge on any atom is 0.338 e. The molecule has 1 saturated heterocycles. The first-order valence-electron chi connectivity index (χ1n) is 10.9. The minimum atomic E-state index is -4.05. The quantitative estimate of drug-likeness (QED) is 0.439. The van der Waals surface area contributed by atoms with E-state index in [1.807, 2.05) is 13.0 Å². The number of esters is 1. The number of hydrogen-bond donors (Lipinski definition) is 0. The Kier molecular flexibility index (Phi) is 7.23. The molecule has 2 aromatic carbocycles. The van der Waals surface area contributed by atoms with Crippen LogP contribution in [0.15, 0.2) is 51.9 Å². The van der Waals surface area contributed by atoms with Crippen LogP contribution in [0.3, 0.4) is 0 Å². The highest BCUT2D eigenvalue weighted by Gasteiger charge is 2.29. The van der Waals surface area contributed by atoms with Gasteiger partial charge in [0.2, 0.25) is 15.8 Å². The molecule has 0 aliphatic carbocycles. The van der Waals surface area contributed by atoms with Crippen LogP contribution in [0.4, 0.5) is 4.39 Å². The van der Waals surface area contributed by atoms with Gasteiger partial charge in [-0.25, -0.2) is 17.6 Å². The van der Waals surface area contributed by atoms with E-state index in [0.717, 1.165) is 18.6 Å². The average molecular weight is 490 g/mol. The summed E-state index contributed by atoms with van der Waals surface area (Å²) >= 11 is 0. The molecule has 0 unspecified atom stereocenters. The van der Waals surface area contributed by atoms with Crippen LogP contribution < -0.4 is 4.74 Å². The van der Waals surface area contributed by atoms with Crippen molar-refractivity contribution >= 4 is 16.0 Å². The second kappa shape index (κ2) is 10.3. The molecule has 1 aromatic heterocycles. The Morgan fingerprint density at radius 1 is 1.15 bits per heavy atom. The molecule has 0 spiro atoms. The van der Waals surface area contributed by atoms with E-state index in [-0.39, 0.29) is 23.9 Å². The largest absolute Gasteiger partial charge is 0.493 e. The maximum atomic E-state index is 14.4. The van der Waals surface area contributed by atoms with Gasteiger partial charge >= 0.3 is 5.97 Å². The number of hydrogen-bond acceptors (Lipinski definition) is 8. The van der Waals surface area contributed by atoms with Crippen molar-refractivity contribution in [2.75, 3.05) is 19.7 Å². The lowest BCUT2D eigenvalue weighted by molar-refractivity contribution is 0.0429. The zero-order valence-electron chi connectivity index (χ0n) is 18.6. The summed E-state index contributed by atoms with van der Waals surface area (Å²) in [4.78, 5) is 16.2. The maximum absolute atomic E-state index is 14.4. The number of para-hydroxylation sites is 1.